The average molecular weight is 414 g/mol. The maximum absolute atomic E-state index is 13.9. The Morgan fingerprint density at radius 3 is 2.33 bits per heavy atom. The third kappa shape index (κ3) is 4.64. The normalized spacial score (nSPS) is 14.7. The molecule has 0 aromatic heterocycles. The topological polar surface area (TPSA) is 73.8 Å². The van der Waals surface area contributed by atoms with E-state index in [4.69, 9.17) is 0 Å². The molecule has 0 spiro atoms. The summed E-state index contributed by atoms with van der Waals surface area (Å²) in [6.07, 6.45) is 1.34. The fourth-order valence-electron chi connectivity index (χ4n) is 3.37. The Balaban J connectivity index is 1.43. The maximum Gasteiger partial charge on any atom is 0.261 e. The number of unbranched alkanes of at least 4 members (excludes halogenated alkanes) is 1. The van der Waals surface area contributed by atoms with Crippen LogP contribution in [0.1, 0.15) is 52.1 Å². The third-order valence-corrected chi connectivity index (χ3v) is 4.98. The lowest BCUT2D eigenvalue weighted by molar-refractivity contribution is 0.0652. The lowest BCUT2D eigenvalue weighted by atomic mass is 10.1. The van der Waals surface area contributed by atoms with Gasteiger partial charge in [0, 0.05) is 31.8 Å². The van der Waals surface area contributed by atoms with Gasteiger partial charge < -0.3 is 10.6 Å². The Kier molecular flexibility index (Phi) is 6.76. The van der Waals surface area contributed by atoms with Gasteiger partial charge in [0.25, 0.3) is 11.8 Å². The van der Waals surface area contributed by atoms with Crippen molar-refractivity contribution in [2.75, 3.05) is 20.1 Å². The van der Waals surface area contributed by atoms with Crippen molar-refractivity contribution < 1.29 is 18.4 Å². The van der Waals surface area contributed by atoms with Gasteiger partial charge in [-0.3, -0.25) is 19.5 Å². The molecule has 0 saturated heterocycles. The number of guanidine groups is 1. The number of rotatable bonds is 7. The second-order valence-electron chi connectivity index (χ2n) is 7.05. The van der Waals surface area contributed by atoms with Gasteiger partial charge in [-0.1, -0.05) is 18.2 Å². The van der Waals surface area contributed by atoms with Crippen LogP contribution in [0.25, 0.3) is 0 Å². The summed E-state index contributed by atoms with van der Waals surface area (Å²) in [5.74, 6) is -1.27. The molecule has 1 aliphatic heterocycles. The van der Waals surface area contributed by atoms with Crippen molar-refractivity contribution in [2.24, 2.45) is 4.99 Å². The first kappa shape index (κ1) is 21.4. The molecule has 1 atom stereocenters. The van der Waals surface area contributed by atoms with Crippen molar-refractivity contribution in [1.82, 2.24) is 15.5 Å². The van der Waals surface area contributed by atoms with Gasteiger partial charge in [0.2, 0.25) is 0 Å². The summed E-state index contributed by atoms with van der Waals surface area (Å²) in [6, 6.07) is 9.88. The molecule has 0 radical (unpaired) electrons. The molecule has 0 bridgehead atoms. The molecule has 0 fully saturated rings. The van der Waals surface area contributed by atoms with E-state index in [1.807, 2.05) is 0 Å². The highest BCUT2D eigenvalue weighted by atomic mass is 19.1. The van der Waals surface area contributed by atoms with Crippen molar-refractivity contribution in [3.8, 4) is 0 Å². The average Bonchev–Trinajstić information content (AvgIpc) is 2.97. The molecule has 2 aromatic carbocycles. The summed E-state index contributed by atoms with van der Waals surface area (Å²) < 4.78 is 27.0. The van der Waals surface area contributed by atoms with Gasteiger partial charge >= 0.3 is 0 Å². The highest BCUT2D eigenvalue weighted by molar-refractivity contribution is 6.21. The zero-order chi connectivity index (χ0) is 21.7. The Morgan fingerprint density at radius 2 is 1.73 bits per heavy atom. The van der Waals surface area contributed by atoms with Crippen LogP contribution in [0.5, 0.6) is 0 Å². The van der Waals surface area contributed by atoms with Crippen LogP contribution in [-0.4, -0.2) is 42.8 Å². The van der Waals surface area contributed by atoms with Gasteiger partial charge in [0.1, 0.15) is 11.6 Å². The molecule has 6 nitrogen and oxygen atoms in total. The lowest BCUT2D eigenvalue weighted by Gasteiger charge is -2.19. The molecule has 3 rings (SSSR count). The number of carbonyl (C=O) groups excluding carboxylic acids is 2. The van der Waals surface area contributed by atoms with Crippen LogP contribution in [0.4, 0.5) is 8.78 Å². The predicted molar refractivity (Wildman–Crippen MR) is 110 cm³/mol. The number of hydrogen-bond donors (Lipinski definition) is 2. The van der Waals surface area contributed by atoms with E-state index in [1.165, 1.54) is 17.0 Å². The second-order valence-corrected chi connectivity index (χ2v) is 7.05. The van der Waals surface area contributed by atoms with Gasteiger partial charge in [-0.2, -0.15) is 0 Å². The van der Waals surface area contributed by atoms with E-state index in [0.29, 0.717) is 48.6 Å². The number of halogens is 2. The minimum atomic E-state index is -0.621. The number of fused-ring (bicyclic) bond motifs is 1. The number of nitrogens with zero attached hydrogens (tertiary/aromatic N) is 2. The molecule has 1 unspecified atom stereocenters. The minimum absolute atomic E-state index is 0.254. The van der Waals surface area contributed by atoms with Crippen molar-refractivity contribution in [2.45, 2.75) is 25.8 Å². The molecule has 2 N–H and O–H groups in total. The Labute approximate surface area is 174 Å². The molecule has 0 saturated carbocycles. The zero-order valence-electron chi connectivity index (χ0n) is 16.9. The second kappa shape index (κ2) is 9.47. The van der Waals surface area contributed by atoms with Crippen LogP contribution >= 0.6 is 0 Å². The summed E-state index contributed by atoms with van der Waals surface area (Å²) in [6.45, 7) is 2.66. The van der Waals surface area contributed by atoms with Crippen LogP contribution in [-0.2, 0) is 0 Å². The minimum Gasteiger partial charge on any atom is -0.356 e. The monoisotopic (exact) mass is 414 g/mol. The molecule has 158 valence electrons. The van der Waals surface area contributed by atoms with E-state index in [2.05, 4.69) is 15.6 Å². The third-order valence-electron chi connectivity index (χ3n) is 4.98. The molecule has 1 heterocycles. The summed E-state index contributed by atoms with van der Waals surface area (Å²) in [5, 5.41) is 6.18. The highest BCUT2D eigenvalue weighted by Crippen LogP contribution is 2.22. The first-order valence-electron chi connectivity index (χ1n) is 9.79. The molecule has 30 heavy (non-hydrogen) atoms. The van der Waals surface area contributed by atoms with Crippen LogP contribution in [0.15, 0.2) is 47.5 Å². The number of benzene rings is 2. The zero-order valence-corrected chi connectivity index (χ0v) is 16.9. The van der Waals surface area contributed by atoms with Crippen LogP contribution < -0.4 is 10.6 Å². The van der Waals surface area contributed by atoms with Crippen LogP contribution in [0, 0.1) is 11.6 Å². The van der Waals surface area contributed by atoms with Gasteiger partial charge in [0.05, 0.1) is 17.2 Å². The summed E-state index contributed by atoms with van der Waals surface area (Å²) in [5.41, 5.74) is 1.24. The predicted octanol–water partition coefficient (Wildman–Crippen LogP) is 3.27. The summed E-state index contributed by atoms with van der Waals surface area (Å²) in [4.78, 5) is 30.1. The fraction of sp³-hybridized carbons (Fsp3) is 0.318. The van der Waals surface area contributed by atoms with Crippen molar-refractivity contribution in [3.63, 3.8) is 0 Å². The Hall–Kier alpha value is -3.29. The molecule has 8 heteroatoms. The smallest absolute Gasteiger partial charge is 0.261 e. The number of carbonyl (C=O) groups is 2. The first-order valence-corrected chi connectivity index (χ1v) is 9.79. The van der Waals surface area contributed by atoms with E-state index >= 15 is 0 Å². The standard InChI is InChI=1S/C22H24F2N4O2/c1-14(16-10-9-15(23)13-19(16)24)27-22(25-2)26-11-5-6-12-28-20(29)17-7-3-4-8-18(17)21(28)30/h3-4,7-10,13-14H,5-6,11-12H2,1-2H3,(H2,25,26,27). The maximum atomic E-state index is 13.9. The number of imide groups is 1. The van der Waals surface area contributed by atoms with Crippen molar-refractivity contribution >= 4 is 17.8 Å². The lowest BCUT2D eigenvalue weighted by Crippen LogP contribution is -2.39. The fourth-order valence-corrected chi connectivity index (χ4v) is 3.37. The summed E-state index contributed by atoms with van der Waals surface area (Å²) in [7, 11) is 1.60. The van der Waals surface area contributed by atoms with E-state index < -0.39 is 17.7 Å². The SMILES string of the molecule is CN=C(NCCCCN1C(=O)c2ccccc2C1=O)NC(C)c1ccc(F)cc1F. The molecular formula is C22H24F2N4O2. The number of amides is 2. The number of aliphatic imine (C=N–C) groups is 1. The van der Waals surface area contributed by atoms with Gasteiger partial charge in [0.15, 0.2) is 5.96 Å². The van der Waals surface area contributed by atoms with E-state index in [0.717, 1.165) is 6.07 Å². The molecule has 0 aliphatic carbocycles. The van der Waals surface area contributed by atoms with Crippen molar-refractivity contribution in [1.29, 1.82) is 0 Å². The molecule has 2 amide bonds. The van der Waals surface area contributed by atoms with Crippen LogP contribution in [0.3, 0.4) is 0 Å². The van der Waals surface area contributed by atoms with Gasteiger partial charge in [-0.05, 0) is 38.0 Å². The van der Waals surface area contributed by atoms with Gasteiger partial charge in [-0.15, -0.1) is 0 Å². The summed E-state index contributed by atoms with van der Waals surface area (Å²) >= 11 is 0. The number of nitrogens with one attached hydrogen (secondary N) is 2. The Morgan fingerprint density at radius 1 is 1.07 bits per heavy atom. The molecule has 1 aliphatic rings. The van der Waals surface area contributed by atoms with Gasteiger partial charge in [-0.25, -0.2) is 8.78 Å². The van der Waals surface area contributed by atoms with E-state index in [1.54, 1.807) is 38.2 Å². The molecular weight excluding hydrogens is 390 g/mol. The van der Waals surface area contributed by atoms with Crippen molar-refractivity contribution in [3.05, 3.63) is 70.8 Å². The van der Waals surface area contributed by atoms with E-state index in [9.17, 15) is 18.4 Å². The quantitative estimate of drug-likeness (QED) is 0.316. The highest BCUT2D eigenvalue weighted by Gasteiger charge is 2.34. The first-order chi connectivity index (χ1) is 14.4. The number of hydrogen-bond acceptors (Lipinski definition) is 3. The van der Waals surface area contributed by atoms with E-state index in [-0.39, 0.29) is 11.8 Å². The largest absolute Gasteiger partial charge is 0.356 e. The van der Waals surface area contributed by atoms with Crippen LogP contribution in [0.2, 0.25) is 0 Å². The Bertz CT molecular complexity index is 942. The molecule has 2 aromatic rings.